The molecule has 1 aromatic rings. The van der Waals surface area contributed by atoms with E-state index in [-0.39, 0.29) is 17.6 Å². The standard InChI is InChI=1S/C11H17N3O4/c1-11(2,3-4-15)6-13-8(16)7-5-12-10(18)14-9(7)17/h5,15H,3-4,6H2,1-2H3,(H,13,16)(H2,12,14,17,18). The maximum absolute atomic E-state index is 11.7. The SMILES string of the molecule is CC(C)(CCO)CNC(=O)c1c[nH]c(=O)[nH]c1=O. The van der Waals surface area contributed by atoms with Crippen LogP contribution in [0.2, 0.25) is 0 Å². The first kappa shape index (κ1) is 14.2. The molecule has 1 rings (SSSR count). The number of aromatic amines is 2. The lowest BCUT2D eigenvalue weighted by Gasteiger charge is -2.23. The van der Waals surface area contributed by atoms with Gasteiger partial charge in [-0.05, 0) is 11.8 Å². The van der Waals surface area contributed by atoms with E-state index in [9.17, 15) is 14.4 Å². The normalized spacial score (nSPS) is 11.3. The van der Waals surface area contributed by atoms with Crippen LogP contribution in [0.5, 0.6) is 0 Å². The molecule has 0 aliphatic heterocycles. The van der Waals surface area contributed by atoms with E-state index < -0.39 is 17.2 Å². The zero-order chi connectivity index (χ0) is 13.8. The number of aliphatic hydroxyl groups is 1. The number of H-pyrrole nitrogens is 2. The minimum atomic E-state index is -0.726. The van der Waals surface area contributed by atoms with E-state index in [2.05, 4.69) is 10.3 Å². The third kappa shape index (κ3) is 3.85. The van der Waals surface area contributed by atoms with E-state index in [0.29, 0.717) is 13.0 Å². The number of carbonyl (C=O) groups is 1. The number of rotatable bonds is 5. The van der Waals surface area contributed by atoms with Crippen LogP contribution >= 0.6 is 0 Å². The zero-order valence-electron chi connectivity index (χ0n) is 10.4. The Labute approximate surface area is 103 Å². The number of hydrogen-bond acceptors (Lipinski definition) is 4. The summed E-state index contributed by atoms with van der Waals surface area (Å²) in [5.74, 6) is -0.557. The predicted octanol–water partition coefficient (Wildman–Crippen LogP) is -0.798. The van der Waals surface area contributed by atoms with Crippen molar-refractivity contribution in [2.75, 3.05) is 13.2 Å². The summed E-state index contributed by atoms with van der Waals surface area (Å²) in [5.41, 5.74) is -1.79. The van der Waals surface area contributed by atoms with Crippen LogP contribution < -0.4 is 16.6 Å². The highest BCUT2D eigenvalue weighted by molar-refractivity contribution is 5.93. The summed E-state index contributed by atoms with van der Waals surface area (Å²) in [6, 6.07) is 0. The highest BCUT2D eigenvalue weighted by Crippen LogP contribution is 2.17. The van der Waals surface area contributed by atoms with Crippen molar-refractivity contribution in [1.82, 2.24) is 15.3 Å². The Morgan fingerprint density at radius 2 is 2.11 bits per heavy atom. The predicted molar refractivity (Wildman–Crippen MR) is 65.5 cm³/mol. The van der Waals surface area contributed by atoms with Gasteiger partial charge < -0.3 is 15.4 Å². The lowest BCUT2D eigenvalue weighted by molar-refractivity contribution is 0.0926. The molecular formula is C11H17N3O4. The molecule has 7 nitrogen and oxygen atoms in total. The van der Waals surface area contributed by atoms with Crippen LogP contribution in [-0.4, -0.2) is 34.1 Å². The van der Waals surface area contributed by atoms with Gasteiger partial charge in [0.2, 0.25) is 0 Å². The fourth-order valence-corrected chi connectivity index (χ4v) is 1.38. The Balaban J connectivity index is 2.72. The highest BCUT2D eigenvalue weighted by Gasteiger charge is 2.19. The van der Waals surface area contributed by atoms with Gasteiger partial charge >= 0.3 is 5.69 Å². The molecule has 4 N–H and O–H groups in total. The number of aromatic nitrogens is 2. The van der Waals surface area contributed by atoms with Crippen LogP contribution in [0.3, 0.4) is 0 Å². The molecule has 7 heteroatoms. The second-order valence-corrected chi connectivity index (χ2v) is 4.81. The second kappa shape index (κ2) is 5.63. The minimum Gasteiger partial charge on any atom is -0.396 e. The monoisotopic (exact) mass is 255 g/mol. The van der Waals surface area contributed by atoms with Crippen molar-refractivity contribution >= 4 is 5.91 Å². The van der Waals surface area contributed by atoms with Crippen LogP contribution in [0.1, 0.15) is 30.6 Å². The molecule has 0 aromatic carbocycles. The van der Waals surface area contributed by atoms with Crippen LogP contribution in [0.15, 0.2) is 15.8 Å². The number of hydrogen-bond donors (Lipinski definition) is 4. The van der Waals surface area contributed by atoms with Crippen molar-refractivity contribution in [1.29, 1.82) is 0 Å². The van der Waals surface area contributed by atoms with E-state index in [1.165, 1.54) is 0 Å². The van der Waals surface area contributed by atoms with Gasteiger partial charge in [0.15, 0.2) is 0 Å². The van der Waals surface area contributed by atoms with Crippen molar-refractivity contribution in [3.05, 3.63) is 32.6 Å². The van der Waals surface area contributed by atoms with Gasteiger partial charge in [0.05, 0.1) is 0 Å². The summed E-state index contributed by atoms with van der Waals surface area (Å²) in [7, 11) is 0. The number of aliphatic hydroxyl groups excluding tert-OH is 1. The molecule has 18 heavy (non-hydrogen) atoms. The zero-order valence-corrected chi connectivity index (χ0v) is 10.4. The maximum Gasteiger partial charge on any atom is 0.325 e. The van der Waals surface area contributed by atoms with Gasteiger partial charge in [-0.25, -0.2) is 4.79 Å². The fourth-order valence-electron chi connectivity index (χ4n) is 1.38. The molecule has 1 amide bonds. The Hall–Kier alpha value is -1.89. The van der Waals surface area contributed by atoms with E-state index in [0.717, 1.165) is 6.20 Å². The summed E-state index contributed by atoms with van der Waals surface area (Å²) in [6.07, 6.45) is 1.62. The first-order valence-electron chi connectivity index (χ1n) is 5.57. The van der Waals surface area contributed by atoms with Crippen LogP contribution in [0, 0.1) is 5.41 Å². The van der Waals surface area contributed by atoms with E-state index >= 15 is 0 Å². The molecule has 100 valence electrons. The third-order valence-corrected chi connectivity index (χ3v) is 2.58. The van der Waals surface area contributed by atoms with Gasteiger partial charge in [-0.3, -0.25) is 14.6 Å². The fraction of sp³-hybridized carbons (Fsp3) is 0.545. The molecule has 0 aliphatic carbocycles. The van der Waals surface area contributed by atoms with Crippen molar-refractivity contribution < 1.29 is 9.90 Å². The molecule has 0 unspecified atom stereocenters. The molecule has 0 fully saturated rings. The molecule has 0 aliphatic rings. The van der Waals surface area contributed by atoms with Gasteiger partial charge in [-0.15, -0.1) is 0 Å². The first-order valence-corrected chi connectivity index (χ1v) is 5.57. The number of amides is 1. The average Bonchev–Trinajstić information content (AvgIpc) is 2.26. The summed E-state index contributed by atoms with van der Waals surface area (Å²) in [6.45, 7) is 4.13. The second-order valence-electron chi connectivity index (χ2n) is 4.81. The first-order chi connectivity index (χ1) is 8.35. The maximum atomic E-state index is 11.7. The average molecular weight is 255 g/mol. The van der Waals surface area contributed by atoms with E-state index in [1.54, 1.807) is 0 Å². The molecule has 0 atom stereocenters. The topological polar surface area (TPSA) is 115 Å². The smallest absolute Gasteiger partial charge is 0.325 e. The van der Waals surface area contributed by atoms with Gasteiger partial charge in [-0.2, -0.15) is 0 Å². The van der Waals surface area contributed by atoms with Gasteiger partial charge in [-0.1, -0.05) is 13.8 Å². The number of carbonyl (C=O) groups excluding carboxylic acids is 1. The summed E-state index contributed by atoms with van der Waals surface area (Å²) >= 11 is 0. The Bertz CT molecular complexity index is 530. The van der Waals surface area contributed by atoms with Gasteiger partial charge in [0.25, 0.3) is 11.5 Å². The molecule has 0 saturated carbocycles. The summed E-state index contributed by atoms with van der Waals surface area (Å²) < 4.78 is 0. The largest absolute Gasteiger partial charge is 0.396 e. The lowest BCUT2D eigenvalue weighted by Crippen LogP contribution is -2.38. The summed E-state index contributed by atoms with van der Waals surface area (Å²) in [5, 5.41) is 11.4. The van der Waals surface area contributed by atoms with Crippen LogP contribution in [0.25, 0.3) is 0 Å². The van der Waals surface area contributed by atoms with E-state index in [1.807, 2.05) is 18.8 Å². The Kier molecular flexibility index (Phi) is 4.43. The Morgan fingerprint density at radius 3 is 2.67 bits per heavy atom. The Morgan fingerprint density at radius 1 is 1.44 bits per heavy atom. The molecule has 0 bridgehead atoms. The third-order valence-electron chi connectivity index (χ3n) is 2.58. The number of nitrogens with one attached hydrogen (secondary N) is 3. The van der Waals surface area contributed by atoms with Crippen molar-refractivity contribution in [3.8, 4) is 0 Å². The van der Waals surface area contributed by atoms with Gasteiger partial charge in [0.1, 0.15) is 5.56 Å². The molecular weight excluding hydrogens is 238 g/mol. The minimum absolute atomic E-state index is 0.0299. The van der Waals surface area contributed by atoms with Gasteiger partial charge in [0, 0.05) is 19.3 Å². The lowest BCUT2D eigenvalue weighted by atomic mass is 9.90. The van der Waals surface area contributed by atoms with Crippen LogP contribution in [-0.2, 0) is 0 Å². The molecule has 1 heterocycles. The van der Waals surface area contributed by atoms with Crippen LogP contribution in [0.4, 0.5) is 0 Å². The molecule has 0 spiro atoms. The quantitative estimate of drug-likeness (QED) is 0.551. The van der Waals surface area contributed by atoms with E-state index in [4.69, 9.17) is 5.11 Å². The molecule has 0 saturated heterocycles. The van der Waals surface area contributed by atoms with Crippen molar-refractivity contribution in [2.24, 2.45) is 5.41 Å². The van der Waals surface area contributed by atoms with Crippen molar-refractivity contribution in [2.45, 2.75) is 20.3 Å². The molecule has 1 aromatic heterocycles. The molecule has 0 radical (unpaired) electrons. The van der Waals surface area contributed by atoms with Crippen molar-refractivity contribution in [3.63, 3.8) is 0 Å². The highest BCUT2D eigenvalue weighted by atomic mass is 16.3. The summed E-state index contributed by atoms with van der Waals surface area (Å²) in [4.78, 5) is 38.1.